The van der Waals surface area contributed by atoms with E-state index in [1.165, 1.54) is 0 Å². The number of aromatic nitrogens is 1. The highest BCUT2D eigenvalue weighted by atomic mass is 79.9. The molecule has 5 nitrogen and oxygen atoms in total. The molecule has 1 saturated heterocycles. The normalized spacial score (nSPS) is 24.4. The van der Waals surface area contributed by atoms with Crippen molar-refractivity contribution in [2.24, 2.45) is 5.92 Å². The Labute approximate surface area is 118 Å². The molecule has 2 heterocycles. The monoisotopic (exact) mass is 355 g/mol. The van der Waals surface area contributed by atoms with Crippen molar-refractivity contribution in [3.05, 3.63) is 27.5 Å². The second-order valence-electron chi connectivity index (χ2n) is 4.19. The van der Waals surface area contributed by atoms with E-state index in [1.54, 1.807) is 12.3 Å². The van der Waals surface area contributed by atoms with Crippen LogP contribution in [0.2, 0.25) is 5.02 Å². The fourth-order valence-electron chi connectivity index (χ4n) is 1.96. The van der Waals surface area contributed by atoms with Gasteiger partial charge in [0, 0.05) is 16.6 Å². The Hall–Kier alpha value is -0.210. The third-order valence-electron chi connectivity index (χ3n) is 2.67. The van der Waals surface area contributed by atoms with Gasteiger partial charge in [-0.05, 0) is 28.4 Å². The van der Waals surface area contributed by atoms with Crippen molar-refractivity contribution in [3.63, 3.8) is 0 Å². The first kappa shape index (κ1) is 14.2. The van der Waals surface area contributed by atoms with Crippen molar-refractivity contribution >= 4 is 37.6 Å². The third-order valence-corrected chi connectivity index (χ3v) is 4.30. The lowest BCUT2D eigenvalue weighted by Crippen LogP contribution is -2.15. The average Bonchev–Trinajstić information content (AvgIpc) is 2.63. The predicted molar refractivity (Wildman–Crippen MR) is 70.2 cm³/mol. The molecule has 1 aliphatic heterocycles. The van der Waals surface area contributed by atoms with Gasteiger partial charge in [0.05, 0.1) is 23.1 Å². The zero-order valence-electron chi connectivity index (χ0n) is 9.21. The number of rotatable bonds is 3. The van der Waals surface area contributed by atoms with Crippen LogP contribution in [0.15, 0.2) is 16.7 Å². The van der Waals surface area contributed by atoms with Crippen LogP contribution in [-0.4, -0.2) is 30.3 Å². The summed E-state index contributed by atoms with van der Waals surface area (Å²) >= 11 is 9.31. The summed E-state index contributed by atoms with van der Waals surface area (Å²) in [5.74, 6) is -0.524. The first-order valence-electron chi connectivity index (χ1n) is 5.23. The van der Waals surface area contributed by atoms with Gasteiger partial charge in [-0.25, -0.2) is 0 Å². The summed E-state index contributed by atoms with van der Waals surface area (Å²) in [6.45, 7) is 0.276. The molecule has 8 heteroatoms. The highest BCUT2D eigenvalue weighted by molar-refractivity contribution is 9.10. The molecular formula is C10H11BrClNO4S. The van der Waals surface area contributed by atoms with Crippen LogP contribution in [0.3, 0.4) is 0 Å². The van der Waals surface area contributed by atoms with Gasteiger partial charge < -0.3 is 4.74 Å². The Morgan fingerprint density at radius 3 is 2.94 bits per heavy atom. The number of nitrogens with zero attached hydrogens (tertiary/aromatic N) is 1. The van der Waals surface area contributed by atoms with E-state index in [-0.39, 0.29) is 24.4 Å². The minimum atomic E-state index is -3.97. The molecule has 2 atom stereocenters. The third kappa shape index (κ3) is 3.64. The summed E-state index contributed by atoms with van der Waals surface area (Å²) < 4.78 is 36.6. The second-order valence-corrected chi connectivity index (χ2v) is 7.01. The molecule has 100 valence electrons. The molecule has 1 aromatic rings. The number of halogens is 2. The molecule has 0 amide bonds. The largest absolute Gasteiger partial charge is 0.372 e. The zero-order chi connectivity index (χ0) is 13.3. The lowest BCUT2D eigenvalue weighted by Gasteiger charge is -2.10. The van der Waals surface area contributed by atoms with Crippen LogP contribution in [-0.2, 0) is 14.9 Å². The van der Waals surface area contributed by atoms with Gasteiger partial charge in [-0.1, -0.05) is 11.6 Å². The molecule has 1 N–H and O–H groups in total. The Morgan fingerprint density at radius 1 is 1.61 bits per heavy atom. The number of pyridine rings is 1. The van der Waals surface area contributed by atoms with E-state index >= 15 is 0 Å². The number of hydrogen-bond donors (Lipinski definition) is 1. The quantitative estimate of drug-likeness (QED) is 0.842. The summed E-state index contributed by atoms with van der Waals surface area (Å²) in [6, 6.07) is 1.71. The van der Waals surface area contributed by atoms with Crippen LogP contribution in [0.1, 0.15) is 18.2 Å². The Balaban J connectivity index is 2.09. The van der Waals surface area contributed by atoms with Crippen molar-refractivity contribution in [1.82, 2.24) is 4.98 Å². The summed E-state index contributed by atoms with van der Waals surface area (Å²) in [7, 11) is -3.97. The molecule has 1 aliphatic rings. The lowest BCUT2D eigenvalue weighted by atomic mass is 10.1. The van der Waals surface area contributed by atoms with E-state index in [0.717, 1.165) is 4.47 Å². The van der Waals surface area contributed by atoms with Gasteiger partial charge in [0.15, 0.2) is 0 Å². The minimum Gasteiger partial charge on any atom is -0.372 e. The van der Waals surface area contributed by atoms with Crippen molar-refractivity contribution in [3.8, 4) is 0 Å². The van der Waals surface area contributed by atoms with Gasteiger partial charge in [-0.2, -0.15) is 8.42 Å². The average molecular weight is 357 g/mol. The molecule has 1 fully saturated rings. The van der Waals surface area contributed by atoms with Gasteiger partial charge in [0.1, 0.15) is 6.10 Å². The summed E-state index contributed by atoms with van der Waals surface area (Å²) in [4.78, 5) is 4.17. The fraction of sp³-hybridized carbons (Fsp3) is 0.500. The molecule has 1 aromatic heterocycles. The van der Waals surface area contributed by atoms with Gasteiger partial charge in [-0.3, -0.25) is 9.54 Å². The minimum absolute atomic E-state index is 0.230. The molecule has 0 spiro atoms. The summed E-state index contributed by atoms with van der Waals surface area (Å²) in [5, 5.41) is 0.474. The van der Waals surface area contributed by atoms with Gasteiger partial charge in [0.25, 0.3) is 10.1 Å². The molecule has 2 rings (SSSR count). The van der Waals surface area contributed by atoms with Crippen LogP contribution in [0, 0.1) is 5.92 Å². The molecule has 0 aliphatic carbocycles. The van der Waals surface area contributed by atoms with E-state index in [4.69, 9.17) is 20.9 Å². The topological polar surface area (TPSA) is 76.5 Å². The van der Waals surface area contributed by atoms with Gasteiger partial charge in [-0.15, -0.1) is 0 Å². The van der Waals surface area contributed by atoms with Crippen LogP contribution in [0.4, 0.5) is 0 Å². The molecule has 0 aromatic carbocycles. The van der Waals surface area contributed by atoms with Crippen molar-refractivity contribution < 1.29 is 17.7 Å². The maximum absolute atomic E-state index is 10.8. The Kier molecular flexibility index (Phi) is 4.28. The lowest BCUT2D eigenvalue weighted by molar-refractivity contribution is 0.105. The fourth-order valence-corrected chi connectivity index (χ4v) is 3.54. The highest BCUT2D eigenvalue weighted by Gasteiger charge is 2.31. The van der Waals surface area contributed by atoms with Crippen LogP contribution in [0.5, 0.6) is 0 Å². The van der Waals surface area contributed by atoms with E-state index in [1.807, 2.05) is 0 Å². The maximum Gasteiger partial charge on any atom is 0.265 e. The summed E-state index contributed by atoms with van der Waals surface area (Å²) in [5.41, 5.74) is 0.595. The van der Waals surface area contributed by atoms with Gasteiger partial charge >= 0.3 is 0 Å². The molecule has 0 saturated carbocycles. The van der Waals surface area contributed by atoms with Crippen LogP contribution < -0.4 is 0 Å². The number of ether oxygens (including phenoxy) is 1. The first-order valence-corrected chi connectivity index (χ1v) is 8.01. The van der Waals surface area contributed by atoms with Crippen molar-refractivity contribution in [2.75, 3.05) is 12.4 Å². The second kappa shape index (κ2) is 5.42. The smallest absolute Gasteiger partial charge is 0.265 e. The molecule has 2 unspecified atom stereocenters. The van der Waals surface area contributed by atoms with E-state index in [2.05, 4.69) is 20.9 Å². The first-order chi connectivity index (χ1) is 8.35. The Morgan fingerprint density at radius 2 is 2.33 bits per heavy atom. The van der Waals surface area contributed by atoms with Crippen LogP contribution >= 0.6 is 27.5 Å². The van der Waals surface area contributed by atoms with Gasteiger partial charge in [0.2, 0.25) is 0 Å². The standard InChI is InChI=1S/C10H11BrClNO4S/c11-7-2-8(12)10(13-3-7)9-1-6(4-17-9)5-18(14,15)16/h2-3,6,9H,1,4-5H2,(H,14,15,16). The Bertz CT molecular complexity index is 551. The number of hydrogen-bond acceptors (Lipinski definition) is 4. The SMILES string of the molecule is O=S(=O)(O)CC1COC(c2ncc(Br)cc2Cl)C1. The molecule has 0 radical (unpaired) electrons. The predicted octanol–water partition coefficient (Wildman–Crippen LogP) is 2.46. The van der Waals surface area contributed by atoms with E-state index < -0.39 is 10.1 Å². The maximum atomic E-state index is 10.8. The summed E-state index contributed by atoms with van der Waals surface area (Å²) in [6.07, 6.45) is 1.77. The van der Waals surface area contributed by atoms with E-state index in [9.17, 15) is 8.42 Å². The van der Waals surface area contributed by atoms with Crippen LogP contribution in [0.25, 0.3) is 0 Å². The van der Waals surface area contributed by atoms with E-state index in [0.29, 0.717) is 17.1 Å². The van der Waals surface area contributed by atoms with Crippen molar-refractivity contribution in [1.29, 1.82) is 0 Å². The molecule has 0 bridgehead atoms. The molecule has 18 heavy (non-hydrogen) atoms. The zero-order valence-corrected chi connectivity index (χ0v) is 12.4. The molecular weight excluding hydrogens is 346 g/mol. The van der Waals surface area contributed by atoms with Crippen molar-refractivity contribution in [2.45, 2.75) is 12.5 Å². The highest BCUT2D eigenvalue weighted by Crippen LogP contribution is 2.35.